The van der Waals surface area contributed by atoms with Gasteiger partial charge in [-0.05, 0) is 18.6 Å². The summed E-state index contributed by atoms with van der Waals surface area (Å²) in [5.74, 6) is -0.950. The van der Waals surface area contributed by atoms with Crippen molar-refractivity contribution in [3.8, 4) is 10.6 Å². The molecule has 0 bridgehead atoms. The summed E-state index contributed by atoms with van der Waals surface area (Å²) in [6, 6.07) is 2.36. The molecule has 6 nitrogen and oxygen atoms in total. The van der Waals surface area contributed by atoms with Crippen LogP contribution < -0.4 is 16.4 Å². The van der Waals surface area contributed by atoms with E-state index in [1.165, 1.54) is 12.1 Å². The van der Waals surface area contributed by atoms with Gasteiger partial charge in [-0.3, -0.25) is 4.79 Å². The number of halogens is 2. The second-order valence-electron chi connectivity index (χ2n) is 6.04. The number of carbonyl (C=O) groups excluding carboxylic acids is 1. The number of amides is 1. The Kier molecular flexibility index (Phi) is 4.14. The fraction of sp³-hybridized carbons (Fsp3) is 0.375. The van der Waals surface area contributed by atoms with Crippen molar-refractivity contribution < 1.29 is 18.3 Å². The number of ether oxygens (including phenoxy) is 1. The molecule has 0 aromatic carbocycles. The van der Waals surface area contributed by atoms with Gasteiger partial charge in [0.2, 0.25) is 0 Å². The minimum Gasteiger partial charge on any atom is -0.380 e. The lowest BCUT2D eigenvalue weighted by atomic mass is 10.0. The average molecular weight is 366 g/mol. The van der Waals surface area contributed by atoms with E-state index in [-0.39, 0.29) is 41.3 Å². The number of nitrogens with two attached hydrogens (primary N) is 1. The number of hydrogen-bond acceptors (Lipinski definition) is 6. The Morgan fingerprint density at radius 3 is 2.96 bits per heavy atom. The molecule has 2 aromatic rings. The van der Waals surface area contributed by atoms with E-state index in [9.17, 15) is 13.6 Å². The third-order valence-corrected chi connectivity index (χ3v) is 5.30. The number of nitrogens with one attached hydrogen (secondary N) is 2. The molecule has 1 fully saturated rings. The van der Waals surface area contributed by atoms with Crippen molar-refractivity contribution in [2.45, 2.75) is 25.0 Å². The molecule has 2 unspecified atom stereocenters. The van der Waals surface area contributed by atoms with E-state index >= 15 is 0 Å². The second-order valence-corrected chi connectivity index (χ2v) is 7.08. The van der Waals surface area contributed by atoms with Crippen LogP contribution in [0.4, 0.5) is 14.6 Å². The van der Waals surface area contributed by atoms with Gasteiger partial charge in [-0.1, -0.05) is 0 Å². The summed E-state index contributed by atoms with van der Waals surface area (Å²) in [6.07, 6.45) is 0.625. The number of anilines is 1. The summed E-state index contributed by atoms with van der Waals surface area (Å²) < 4.78 is 33.6. The zero-order valence-corrected chi connectivity index (χ0v) is 14.0. The van der Waals surface area contributed by atoms with Crippen molar-refractivity contribution in [2.24, 2.45) is 5.73 Å². The Morgan fingerprint density at radius 2 is 2.24 bits per heavy atom. The first-order valence-electron chi connectivity index (χ1n) is 7.90. The molecule has 2 aromatic heterocycles. The van der Waals surface area contributed by atoms with Crippen LogP contribution in [0.2, 0.25) is 0 Å². The van der Waals surface area contributed by atoms with Crippen LogP contribution in [-0.2, 0) is 11.3 Å². The lowest BCUT2D eigenvalue weighted by Crippen LogP contribution is -2.48. The molecule has 4 rings (SSSR count). The highest BCUT2D eigenvalue weighted by Crippen LogP contribution is 2.36. The van der Waals surface area contributed by atoms with E-state index in [2.05, 4.69) is 15.6 Å². The Balaban J connectivity index is 1.79. The Labute approximate surface area is 146 Å². The maximum Gasteiger partial charge on any atom is 0.254 e. The number of fused-ring (bicyclic) bond motifs is 1. The van der Waals surface area contributed by atoms with Gasteiger partial charge in [0, 0.05) is 30.8 Å². The predicted octanol–water partition coefficient (Wildman–Crippen LogP) is 1.86. The van der Waals surface area contributed by atoms with Gasteiger partial charge in [-0.15, -0.1) is 11.3 Å². The first-order valence-corrected chi connectivity index (χ1v) is 8.72. The van der Waals surface area contributed by atoms with Crippen LogP contribution >= 0.6 is 11.3 Å². The van der Waals surface area contributed by atoms with E-state index in [1.54, 1.807) is 0 Å². The molecule has 4 N–H and O–H groups in total. The van der Waals surface area contributed by atoms with Gasteiger partial charge < -0.3 is 21.1 Å². The van der Waals surface area contributed by atoms with Crippen molar-refractivity contribution in [1.82, 2.24) is 10.3 Å². The minimum atomic E-state index is -0.576. The largest absolute Gasteiger partial charge is 0.380 e. The molecule has 132 valence electrons. The highest BCUT2D eigenvalue weighted by atomic mass is 32.1. The zero-order chi connectivity index (χ0) is 17.6. The molecule has 4 heterocycles. The summed E-state index contributed by atoms with van der Waals surface area (Å²) in [7, 11) is 0. The van der Waals surface area contributed by atoms with Gasteiger partial charge in [0.1, 0.15) is 0 Å². The third kappa shape index (κ3) is 2.88. The molecule has 1 saturated heterocycles. The molecular formula is C16H16F2N4O2S. The Morgan fingerprint density at radius 1 is 1.40 bits per heavy atom. The Bertz CT molecular complexity index is 842. The standard InChI is InChI=1S/C16H16F2N4O2S/c17-11-2-1-10(25-11)14-12-7(5-20-16(12)23)13(18)15(22-14)21-9-3-4-24-6-8(9)19/h1-2,8-9H,3-6,19H2,(H,20,23)(H,21,22). The zero-order valence-electron chi connectivity index (χ0n) is 13.1. The summed E-state index contributed by atoms with van der Waals surface area (Å²) >= 11 is 0.866. The van der Waals surface area contributed by atoms with Crippen molar-refractivity contribution in [1.29, 1.82) is 0 Å². The molecule has 0 spiro atoms. The quantitative estimate of drug-likeness (QED) is 0.772. The Hall–Kier alpha value is -2.10. The van der Waals surface area contributed by atoms with Crippen molar-refractivity contribution in [3.05, 3.63) is 34.2 Å². The van der Waals surface area contributed by atoms with E-state index in [0.717, 1.165) is 11.3 Å². The summed E-state index contributed by atoms with van der Waals surface area (Å²) in [6.45, 7) is 0.992. The molecule has 0 radical (unpaired) electrons. The van der Waals surface area contributed by atoms with Crippen LogP contribution in [0.15, 0.2) is 12.1 Å². The summed E-state index contributed by atoms with van der Waals surface area (Å²) in [5.41, 5.74) is 6.70. The van der Waals surface area contributed by atoms with Crippen LogP contribution in [0.5, 0.6) is 0 Å². The lowest BCUT2D eigenvalue weighted by molar-refractivity contribution is 0.0751. The van der Waals surface area contributed by atoms with E-state index in [0.29, 0.717) is 24.5 Å². The SMILES string of the molecule is NC1COCCC1Nc1nc(-c2ccc(F)s2)c2c(c1F)CNC2=O. The fourth-order valence-electron chi connectivity index (χ4n) is 3.11. The highest BCUT2D eigenvalue weighted by Gasteiger charge is 2.32. The number of carbonyl (C=O) groups is 1. The highest BCUT2D eigenvalue weighted by molar-refractivity contribution is 7.13. The molecule has 0 aliphatic carbocycles. The first kappa shape index (κ1) is 16.4. The average Bonchev–Trinajstić information content (AvgIpc) is 3.19. The number of rotatable bonds is 3. The van der Waals surface area contributed by atoms with Gasteiger partial charge in [0.15, 0.2) is 16.8 Å². The molecule has 25 heavy (non-hydrogen) atoms. The molecule has 1 amide bonds. The fourth-order valence-corrected chi connectivity index (χ4v) is 3.84. The van der Waals surface area contributed by atoms with E-state index in [1.807, 2.05) is 0 Å². The molecule has 0 saturated carbocycles. The predicted molar refractivity (Wildman–Crippen MR) is 89.5 cm³/mol. The molecule has 2 aliphatic heterocycles. The van der Waals surface area contributed by atoms with Crippen LogP contribution in [0.1, 0.15) is 22.3 Å². The monoisotopic (exact) mass is 366 g/mol. The summed E-state index contributed by atoms with van der Waals surface area (Å²) in [5, 5.41) is 5.25. The maximum atomic E-state index is 14.9. The normalized spacial score (nSPS) is 22.6. The van der Waals surface area contributed by atoms with Crippen LogP contribution in [-0.4, -0.2) is 36.2 Å². The third-order valence-electron chi connectivity index (χ3n) is 4.42. The minimum absolute atomic E-state index is 0.0291. The van der Waals surface area contributed by atoms with Crippen LogP contribution in [0.25, 0.3) is 10.6 Å². The maximum absolute atomic E-state index is 14.9. The smallest absolute Gasteiger partial charge is 0.254 e. The lowest BCUT2D eigenvalue weighted by Gasteiger charge is -2.30. The van der Waals surface area contributed by atoms with Crippen molar-refractivity contribution >= 4 is 23.1 Å². The molecular weight excluding hydrogens is 350 g/mol. The van der Waals surface area contributed by atoms with Gasteiger partial charge in [-0.25, -0.2) is 9.37 Å². The molecule has 2 atom stereocenters. The number of hydrogen-bond donors (Lipinski definition) is 3. The molecule has 9 heteroatoms. The van der Waals surface area contributed by atoms with Crippen molar-refractivity contribution in [3.63, 3.8) is 0 Å². The van der Waals surface area contributed by atoms with Crippen LogP contribution in [0, 0.1) is 10.9 Å². The van der Waals surface area contributed by atoms with Crippen molar-refractivity contribution in [2.75, 3.05) is 18.5 Å². The van der Waals surface area contributed by atoms with Gasteiger partial charge in [-0.2, -0.15) is 4.39 Å². The van der Waals surface area contributed by atoms with Gasteiger partial charge in [0.25, 0.3) is 5.91 Å². The second kappa shape index (κ2) is 6.32. The number of pyridine rings is 1. The number of thiophene rings is 1. The van der Waals surface area contributed by atoms with Gasteiger partial charge in [0.05, 0.1) is 22.7 Å². The van der Waals surface area contributed by atoms with Crippen LogP contribution in [0.3, 0.4) is 0 Å². The molecule has 2 aliphatic rings. The summed E-state index contributed by atoms with van der Waals surface area (Å²) in [4.78, 5) is 16.9. The number of aromatic nitrogens is 1. The number of nitrogens with zero attached hydrogens (tertiary/aromatic N) is 1. The van der Waals surface area contributed by atoms with Gasteiger partial charge >= 0.3 is 0 Å². The van der Waals surface area contributed by atoms with E-state index < -0.39 is 16.9 Å². The topological polar surface area (TPSA) is 89.3 Å². The van der Waals surface area contributed by atoms with E-state index in [4.69, 9.17) is 10.5 Å². The first-order chi connectivity index (χ1) is 12.0.